The minimum Gasteiger partial charge on any atom is -0.379 e. The fraction of sp³-hybridized carbons (Fsp3) is 0.609. The molecule has 2 aliphatic heterocycles. The topological polar surface area (TPSA) is 136 Å². The molecule has 2 amide bonds. The Morgan fingerprint density at radius 2 is 2.11 bits per heavy atom. The Labute approximate surface area is 205 Å². The van der Waals surface area contributed by atoms with Crippen molar-refractivity contribution < 1.29 is 28.0 Å². The van der Waals surface area contributed by atoms with Crippen molar-refractivity contribution in [2.24, 2.45) is 5.92 Å². The van der Waals surface area contributed by atoms with Crippen LogP contribution in [-0.4, -0.2) is 89.6 Å². The summed E-state index contributed by atoms with van der Waals surface area (Å²) in [6.07, 6.45) is 4.14. The van der Waals surface area contributed by atoms with Crippen molar-refractivity contribution in [3.63, 3.8) is 0 Å². The summed E-state index contributed by atoms with van der Waals surface area (Å²) in [6.45, 7) is 3.94. The predicted molar refractivity (Wildman–Crippen MR) is 127 cm³/mol. The number of nitrogens with one attached hydrogen (secondary N) is 1. The van der Waals surface area contributed by atoms with Crippen LogP contribution < -0.4 is 0 Å². The lowest BCUT2D eigenvalue weighted by atomic mass is 9.99. The zero-order chi connectivity index (χ0) is 25.0. The number of sulfonamides is 1. The van der Waals surface area contributed by atoms with Gasteiger partial charge in [0.15, 0.2) is 0 Å². The Morgan fingerprint density at radius 3 is 2.83 bits per heavy atom. The van der Waals surface area contributed by atoms with E-state index in [1.165, 1.54) is 4.31 Å². The van der Waals surface area contributed by atoms with Gasteiger partial charge < -0.3 is 14.6 Å². The summed E-state index contributed by atoms with van der Waals surface area (Å²) < 4.78 is 32.8. The Hall–Kier alpha value is -2.54. The number of hydroxylamine groups is 2. The number of H-pyrrole nitrogens is 1. The van der Waals surface area contributed by atoms with Crippen molar-refractivity contribution in [2.75, 3.05) is 39.4 Å². The number of hydrogen-bond donors (Lipinski definition) is 2. The maximum atomic E-state index is 13.4. The Balaban J connectivity index is 1.57. The highest BCUT2D eigenvalue weighted by molar-refractivity contribution is 7.89. The Kier molecular flexibility index (Phi) is 8.05. The molecule has 1 aromatic heterocycles. The molecule has 2 aliphatic rings. The first-order valence-electron chi connectivity index (χ1n) is 12.1. The van der Waals surface area contributed by atoms with Gasteiger partial charge >= 0.3 is 0 Å². The first-order valence-corrected chi connectivity index (χ1v) is 13.6. The summed E-state index contributed by atoms with van der Waals surface area (Å²) in [7, 11) is -3.64. The molecule has 12 heteroatoms. The number of aromatic nitrogens is 2. The van der Waals surface area contributed by atoms with Crippen LogP contribution in [0.1, 0.15) is 50.9 Å². The monoisotopic (exact) mass is 507 g/mol. The van der Waals surface area contributed by atoms with E-state index in [4.69, 9.17) is 4.74 Å². The van der Waals surface area contributed by atoms with E-state index in [9.17, 15) is 23.2 Å². The average molecular weight is 508 g/mol. The summed E-state index contributed by atoms with van der Waals surface area (Å²) in [5, 5.41) is 10.2. The molecule has 3 heterocycles. The summed E-state index contributed by atoms with van der Waals surface area (Å²) in [5.41, 5.74) is 1.23. The molecule has 2 aromatic rings. The molecule has 0 bridgehead atoms. The number of unbranched alkanes of at least 4 members (excludes halogenated alkanes) is 1. The molecule has 0 aliphatic carbocycles. The summed E-state index contributed by atoms with van der Waals surface area (Å²) in [4.78, 5) is 34.2. The molecule has 0 spiro atoms. The number of rotatable bonds is 10. The van der Waals surface area contributed by atoms with Crippen LogP contribution in [0, 0.1) is 5.92 Å². The second kappa shape index (κ2) is 11.0. The Morgan fingerprint density at radius 1 is 1.34 bits per heavy atom. The largest absolute Gasteiger partial charge is 0.379 e. The third-order valence-corrected chi connectivity index (χ3v) is 8.61. The number of likely N-dealkylation sites (tertiary alicyclic amines) is 1. The Bertz CT molecular complexity index is 1150. The number of carbonyl (C=O) groups excluding carboxylic acids is 2. The zero-order valence-electron chi connectivity index (χ0n) is 19.9. The van der Waals surface area contributed by atoms with Gasteiger partial charge in [0.2, 0.25) is 22.3 Å². The fourth-order valence-electron chi connectivity index (χ4n) is 4.82. The number of hydrogen-bond acceptors (Lipinski definition) is 7. The van der Waals surface area contributed by atoms with Crippen LogP contribution in [0.5, 0.6) is 0 Å². The smallest absolute Gasteiger partial charge is 0.243 e. The van der Waals surface area contributed by atoms with Crippen molar-refractivity contribution in [1.82, 2.24) is 24.2 Å². The number of morpholine rings is 1. The van der Waals surface area contributed by atoms with Gasteiger partial charge in [-0.05, 0) is 37.5 Å². The van der Waals surface area contributed by atoms with Gasteiger partial charge in [-0.2, -0.15) is 4.31 Å². The lowest BCUT2D eigenvalue weighted by molar-refractivity contribution is -0.157. The molecule has 11 nitrogen and oxygen atoms in total. The minimum atomic E-state index is -3.64. The predicted octanol–water partition coefficient (Wildman–Crippen LogP) is 1.90. The van der Waals surface area contributed by atoms with E-state index in [0.29, 0.717) is 67.6 Å². The first-order chi connectivity index (χ1) is 16.8. The number of imidazole rings is 1. The maximum Gasteiger partial charge on any atom is 0.243 e. The number of carbonyl (C=O) groups is 2. The highest BCUT2D eigenvalue weighted by atomic mass is 32.2. The van der Waals surface area contributed by atoms with E-state index in [1.807, 2.05) is 6.92 Å². The molecular weight excluding hydrogens is 474 g/mol. The van der Waals surface area contributed by atoms with Crippen LogP contribution in [0.3, 0.4) is 0 Å². The van der Waals surface area contributed by atoms with Crippen LogP contribution in [-0.2, 0) is 24.3 Å². The number of benzene rings is 1. The number of amides is 2. The number of ether oxygens (including phenoxy) is 1. The molecule has 2 unspecified atom stereocenters. The second-order valence-electron chi connectivity index (χ2n) is 9.07. The SMILES string of the molecule is CCCCC(CN(O)C=O)C(=O)N1CCCC1c1nc2ccc(S(=O)(=O)N3CCOCC3)cc2[nH]1. The average Bonchev–Trinajstić information content (AvgIpc) is 3.53. The van der Waals surface area contributed by atoms with Gasteiger partial charge in [0.25, 0.3) is 0 Å². The van der Waals surface area contributed by atoms with Crippen molar-refractivity contribution in [1.29, 1.82) is 0 Å². The van der Waals surface area contributed by atoms with Crippen molar-refractivity contribution in [2.45, 2.75) is 50.0 Å². The van der Waals surface area contributed by atoms with Gasteiger partial charge in [-0.3, -0.25) is 14.8 Å². The van der Waals surface area contributed by atoms with Gasteiger partial charge in [-0.15, -0.1) is 0 Å². The van der Waals surface area contributed by atoms with Crippen LogP contribution in [0.2, 0.25) is 0 Å². The van der Waals surface area contributed by atoms with Crippen molar-refractivity contribution in [3.8, 4) is 0 Å². The number of fused-ring (bicyclic) bond motifs is 1. The maximum absolute atomic E-state index is 13.4. The molecule has 0 radical (unpaired) electrons. The molecule has 192 valence electrons. The highest BCUT2D eigenvalue weighted by Crippen LogP contribution is 2.34. The highest BCUT2D eigenvalue weighted by Gasteiger charge is 2.36. The molecule has 1 aromatic carbocycles. The van der Waals surface area contributed by atoms with Gasteiger partial charge in [0.05, 0.1) is 47.6 Å². The molecule has 2 fully saturated rings. The van der Waals surface area contributed by atoms with E-state index in [1.54, 1.807) is 23.1 Å². The van der Waals surface area contributed by atoms with Crippen LogP contribution in [0.15, 0.2) is 23.1 Å². The second-order valence-corrected chi connectivity index (χ2v) is 11.0. The van der Waals surface area contributed by atoms with Gasteiger partial charge in [-0.1, -0.05) is 19.8 Å². The molecule has 4 rings (SSSR count). The molecule has 35 heavy (non-hydrogen) atoms. The lowest BCUT2D eigenvalue weighted by Gasteiger charge is -2.29. The van der Waals surface area contributed by atoms with Gasteiger partial charge in [-0.25, -0.2) is 18.5 Å². The zero-order valence-corrected chi connectivity index (χ0v) is 20.7. The molecule has 2 atom stereocenters. The number of aromatic amines is 1. The van der Waals surface area contributed by atoms with Crippen LogP contribution >= 0.6 is 0 Å². The number of nitrogens with zero attached hydrogens (tertiary/aromatic N) is 4. The normalized spacial score (nSPS) is 20.3. The summed E-state index contributed by atoms with van der Waals surface area (Å²) in [6, 6.07) is 4.56. The summed E-state index contributed by atoms with van der Waals surface area (Å²) in [5.74, 6) is -0.00413. The third kappa shape index (κ3) is 5.50. The van der Waals surface area contributed by atoms with E-state index in [-0.39, 0.29) is 23.4 Å². The molecule has 0 saturated carbocycles. The lowest BCUT2D eigenvalue weighted by Crippen LogP contribution is -2.40. The quantitative estimate of drug-likeness (QED) is 0.285. The van der Waals surface area contributed by atoms with E-state index in [0.717, 1.165) is 25.7 Å². The van der Waals surface area contributed by atoms with Crippen LogP contribution in [0.4, 0.5) is 0 Å². The fourth-order valence-corrected chi connectivity index (χ4v) is 6.26. The van der Waals surface area contributed by atoms with Crippen LogP contribution in [0.25, 0.3) is 11.0 Å². The van der Waals surface area contributed by atoms with E-state index >= 15 is 0 Å². The van der Waals surface area contributed by atoms with Gasteiger partial charge in [0.1, 0.15) is 5.82 Å². The summed E-state index contributed by atoms with van der Waals surface area (Å²) >= 11 is 0. The van der Waals surface area contributed by atoms with Gasteiger partial charge in [0, 0.05) is 19.6 Å². The van der Waals surface area contributed by atoms with Crippen molar-refractivity contribution >= 4 is 33.4 Å². The molecule has 2 N–H and O–H groups in total. The third-order valence-electron chi connectivity index (χ3n) is 6.72. The van der Waals surface area contributed by atoms with E-state index in [2.05, 4.69) is 9.97 Å². The molecule has 2 saturated heterocycles. The molecular formula is C23H33N5O6S. The van der Waals surface area contributed by atoms with E-state index < -0.39 is 15.9 Å². The minimum absolute atomic E-state index is 0.0472. The standard InChI is InChI=1S/C23H33N5O6S/c1-2-3-5-17(15-26(31)16-29)23(30)28-9-4-6-21(28)22-24-19-8-7-18(14-20(19)25-22)35(32,33)27-10-12-34-13-11-27/h7-8,14,16-17,21,31H,2-6,9-13,15H2,1H3,(H,24,25). The first kappa shape index (κ1) is 25.5. The van der Waals surface area contributed by atoms with Crippen molar-refractivity contribution in [3.05, 3.63) is 24.0 Å².